The van der Waals surface area contributed by atoms with Gasteiger partial charge in [0.05, 0.1) is 0 Å². The summed E-state index contributed by atoms with van der Waals surface area (Å²) in [4.78, 5) is 0. The van der Waals surface area contributed by atoms with E-state index < -0.39 is 0 Å². The highest BCUT2D eigenvalue weighted by Gasteiger charge is 2.12. The molecule has 1 aromatic rings. The maximum atomic E-state index is 3.53. The minimum absolute atomic E-state index is 0.266. The van der Waals surface area contributed by atoms with Crippen molar-refractivity contribution in [3.63, 3.8) is 0 Å². The van der Waals surface area contributed by atoms with Crippen molar-refractivity contribution in [3.8, 4) is 0 Å². The minimum Gasteiger partial charge on any atom is -0.0925 e. The zero-order valence-corrected chi connectivity index (χ0v) is 12.5. The largest absolute Gasteiger partial charge is 0.0925 e. The molecular formula is C15H23Br. The van der Waals surface area contributed by atoms with Gasteiger partial charge in [-0.3, -0.25) is 0 Å². The van der Waals surface area contributed by atoms with Gasteiger partial charge in [-0.2, -0.15) is 0 Å². The molecule has 0 radical (unpaired) electrons. The van der Waals surface area contributed by atoms with Crippen LogP contribution in [-0.2, 0) is 11.8 Å². The summed E-state index contributed by atoms with van der Waals surface area (Å²) in [5.74, 6) is 0.766. The summed E-state index contributed by atoms with van der Waals surface area (Å²) in [6.07, 6.45) is 2.46. The van der Waals surface area contributed by atoms with Crippen LogP contribution >= 0.6 is 15.9 Å². The number of benzene rings is 1. The molecule has 0 nitrogen and oxygen atoms in total. The summed E-state index contributed by atoms with van der Waals surface area (Å²) in [6, 6.07) is 9.10. The zero-order valence-electron chi connectivity index (χ0n) is 10.9. The Balaban J connectivity index is 2.58. The molecule has 0 saturated carbocycles. The van der Waals surface area contributed by atoms with E-state index in [2.05, 4.69) is 67.9 Å². The van der Waals surface area contributed by atoms with Crippen LogP contribution in [0.4, 0.5) is 0 Å². The van der Waals surface area contributed by atoms with Gasteiger partial charge in [-0.1, -0.05) is 67.9 Å². The van der Waals surface area contributed by atoms with E-state index in [9.17, 15) is 0 Å². The monoisotopic (exact) mass is 282 g/mol. The standard InChI is InChI=1S/C15H23Br/c1-12(11-16)5-6-13-7-9-14(10-8-13)15(2,3)4/h7-10,12H,5-6,11H2,1-4H3. The van der Waals surface area contributed by atoms with Crippen molar-refractivity contribution in [1.82, 2.24) is 0 Å². The highest BCUT2D eigenvalue weighted by Crippen LogP contribution is 2.22. The molecule has 0 fully saturated rings. The topological polar surface area (TPSA) is 0 Å². The number of rotatable bonds is 4. The van der Waals surface area contributed by atoms with Gasteiger partial charge in [-0.05, 0) is 35.3 Å². The molecule has 0 saturated heterocycles. The van der Waals surface area contributed by atoms with Crippen molar-refractivity contribution in [2.75, 3.05) is 5.33 Å². The molecule has 0 aliphatic carbocycles. The Morgan fingerprint density at radius 3 is 2.12 bits per heavy atom. The maximum absolute atomic E-state index is 3.53. The lowest BCUT2D eigenvalue weighted by atomic mass is 9.86. The molecule has 0 aliphatic rings. The fourth-order valence-corrected chi connectivity index (χ4v) is 1.99. The van der Waals surface area contributed by atoms with Crippen molar-refractivity contribution in [2.24, 2.45) is 5.92 Å². The molecule has 0 N–H and O–H groups in total. The summed E-state index contributed by atoms with van der Waals surface area (Å²) in [5, 5.41) is 1.10. The van der Waals surface area contributed by atoms with Crippen LogP contribution in [0.1, 0.15) is 45.2 Å². The van der Waals surface area contributed by atoms with Gasteiger partial charge in [0.25, 0.3) is 0 Å². The summed E-state index contributed by atoms with van der Waals surface area (Å²) in [6.45, 7) is 9.07. The molecule has 0 bridgehead atoms. The van der Waals surface area contributed by atoms with Crippen LogP contribution in [0.15, 0.2) is 24.3 Å². The molecule has 1 unspecified atom stereocenters. The molecule has 0 amide bonds. The highest BCUT2D eigenvalue weighted by molar-refractivity contribution is 9.09. The van der Waals surface area contributed by atoms with Crippen LogP contribution < -0.4 is 0 Å². The first-order chi connectivity index (χ1) is 7.43. The minimum atomic E-state index is 0.266. The van der Waals surface area contributed by atoms with E-state index in [-0.39, 0.29) is 5.41 Å². The normalized spacial score (nSPS) is 13.8. The van der Waals surface area contributed by atoms with Crippen molar-refractivity contribution in [1.29, 1.82) is 0 Å². The lowest BCUT2D eigenvalue weighted by Gasteiger charge is -2.19. The van der Waals surface area contributed by atoms with Gasteiger partial charge in [0.2, 0.25) is 0 Å². The molecule has 1 heteroatoms. The summed E-state index contributed by atoms with van der Waals surface area (Å²) >= 11 is 3.53. The van der Waals surface area contributed by atoms with E-state index in [1.165, 1.54) is 24.0 Å². The zero-order chi connectivity index (χ0) is 12.2. The number of halogens is 1. The second-order valence-corrected chi connectivity index (χ2v) is 6.39. The van der Waals surface area contributed by atoms with Crippen molar-refractivity contribution in [3.05, 3.63) is 35.4 Å². The van der Waals surface area contributed by atoms with Crippen molar-refractivity contribution >= 4 is 15.9 Å². The maximum Gasteiger partial charge on any atom is 0.00571 e. The second-order valence-electron chi connectivity index (χ2n) is 5.75. The van der Waals surface area contributed by atoms with E-state index in [0.717, 1.165) is 11.2 Å². The lowest BCUT2D eigenvalue weighted by molar-refractivity contribution is 0.586. The van der Waals surface area contributed by atoms with Gasteiger partial charge in [0, 0.05) is 5.33 Å². The Labute approximate surface area is 109 Å². The Bertz CT molecular complexity index is 305. The van der Waals surface area contributed by atoms with Crippen LogP contribution in [0.25, 0.3) is 0 Å². The number of aryl methyl sites for hydroxylation is 1. The Hall–Kier alpha value is -0.300. The quantitative estimate of drug-likeness (QED) is 0.686. The first kappa shape index (κ1) is 13.8. The third-order valence-electron chi connectivity index (χ3n) is 3.01. The summed E-state index contributed by atoms with van der Waals surface area (Å²) < 4.78 is 0. The van der Waals surface area contributed by atoms with Crippen molar-refractivity contribution in [2.45, 2.75) is 46.0 Å². The second kappa shape index (κ2) is 5.86. The third-order valence-corrected chi connectivity index (χ3v) is 4.11. The predicted octanol–water partition coefficient (Wildman–Crippen LogP) is 4.95. The Morgan fingerprint density at radius 1 is 1.12 bits per heavy atom. The fraction of sp³-hybridized carbons (Fsp3) is 0.600. The van der Waals surface area contributed by atoms with Crippen LogP contribution in [-0.4, -0.2) is 5.33 Å². The summed E-state index contributed by atoms with van der Waals surface area (Å²) in [5.41, 5.74) is 3.15. The van der Waals surface area contributed by atoms with Gasteiger partial charge in [-0.25, -0.2) is 0 Å². The van der Waals surface area contributed by atoms with Crippen LogP contribution in [0.3, 0.4) is 0 Å². The predicted molar refractivity (Wildman–Crippen MR) is 76.4 cm³/mol. The van der Waals surface area contributed by atoms with E-state index >= 15 is 0 Å². The van der Waals surface area contributed by atoms with E-state index in [4.69, 9.17) is 0 Å². The Morgan fingerprint density at radius 2 is 1.69 bits per heavy atom. The summed E-state index contributed by atoms with van der Waals surface area (Å²) in [7, 11) is 0. The van der Waals surface area contributed by atoms with Gasteiger partial charge < -0.3 is 0 Å². The first-order valence-corrected chi connectivity index (χ1v) is 7.21. The molecule has 1 atom stereocenters. The molecule has 16 heavy (non-hydrogen) atoms. The van der Waals surface area contributed by atoms with Crippen LogP contribution in [0.2, 0.25) is 0 Å². The first-order valence-electron chi connectivity index (χ1n) is 6.09. The smallest absolute Gasteiger partial charge is 0.00571 e. The molecule has 1 rings (SSSR count). The lowest BCUT2D eigenvalue weighted by Crippen LogP contribution is -2.10. The third kappa shape index (κ3) is 4.29. The number of alkyl halides is 1. The van der Waals surface area contributed by atoms with Crippen LogP contribution in [0, 0.1) is 5.92 Å². The SMILES string of the molecule is CC(CBr)CCc1ccc(C(C)(C)C)cc1. The van der Waals surface area contributed by atoms with E-state index in [1.54, 1.807) is 0 Å². The average molecular weight is 283 g/mol. The molecule has 0 aliphatic heterocycles. The Kier molecular flexibility index (Phi) is 5.04. The van der Waals surface area contributed by atoms with Crippen molar-refractivity contribution < 1.29 is 0 Å². The molecule has 1 aromatic carbocycles. The molecule has 0 spiro atoms. The van der Waals surface area contributed by atoms with E-state index in [0.29, 0.717) is 0 Å². The fourth-order valence-electron chi connectivity index (χ4n) is 1.66. The highest BCUT2D eigenvalue weighted by atomic mass is 79.9. The van der Waals surface area contributed by atoms with Gasteiger partial charge in [-0.15, -0.1) is 0 Å². The van der Waals surface area contributed by atoms with E-state index in [1.807, 2.05) is 0 Å². The molecular weight excluding hydrogens is 260 g/mol. The van der Waals surface area contributed by atoms with Crippen LogP contribution in [0.5, 0.6) is 0 Å². The molecule has 0 aromatic heterocycles. The van der Waals surface area contributed by atoms with Gasteiger partial charge in [0.15, 0.2) is 0 Å². The number of hydrogen-bond donors (Lipinski definition) is 0. The van der Waals surface area contributed by atoms with Gasteiger partial charge in [0.1, 0.15) is 0 Å². The number of hydrogen-bond acceptors (Lipinski definition) is 0. The van der Waals surface area contributed by atoms with Gasteiger partial charge >= 0.3 is 0 Å². The average Bonchev–Trinajstić information content (AvgIpc) is 2.25. The molecule has 0 heterocycles. The molecule has 90 valence electrons.